The first-order valence-corrected chi connectivity index (χ1v) is 3.59. The lowest BCUT2D eigenvalue weighted by molar-refractivity contribution is -0.102. The lowest BCUT2D eigenvalue weighted by Crippen LogP contribution is -2.45. The Morgan fingerprint density at radius 1 is 1.17 bits per heavy atom. The Morgan fingerprint density at radius 2 is 1.50 bits per heavy atom. The zero-order chi connectivity index (χ0) is 9.72. The van der Waals surface area contributed by atoms with Gasteiger partial charge in [-0.15, -0.1) is 0 Å². The highest BCUT2D eigenvalue weighted by atomic mass is 16.5. The van der Waals surface area contributed by atoms with Crippen LogP contribution in [0.4, 0.5) is 4.79 Å². The molecular formula is C7H14NO4. The smallest absolute Gasteiger partial charge is 0.362 e. The number of methoxy groups -OCH3 is 2. The van der Waals surface area contributed by atoms with Crippen molar-refractivity contribution in [1.29, 1.82) is 0 Å². The van der Waals surface area contributed by atoms with Gasteiger partial charge in [-0.05, 0) is 13.8 Å². The largest absolute Gasteiger partial charge is 0.457 e. The van der Waals surface area contributed by atoms with Gasteiger partial charge in [-0.25, -0.2) is 9.90 Å². The molecule has 0 aromatic rings. The Hall–Kier alpha value is -0.810. The van der Waals surface area contributed by atoms with Gasteiger partial charge < -0.3 is 9.47 Å². The summed E-state index contributed by atoms with van der Waals surface area (Å²) in [5.41, 5.74) is 0. The summed E-state index contributed by atoms with van der Waals surface area (Å²) in [6.07, 6.45) is -2.44. The third-order valence-corrected chi connectivity index (χ3v) is 1.68. The first-order valence-electron chi connectivity index (χ1n) is 3.59. The van der Waals surface area contributed by atoms with E-state index < -0.39 is 18.5 Å². The maximum atomic E-state index is 10.6. The molecule has 71 valence electrons. The van der Waals surface area contributed by atoms with Gasteiger partial charge in [-0.2, -0.15) is 0 Å². The van der Waals surface area contributed by atoms with E-state index in [4.69, 9.17) is 9.47 Å². The molecule has 0 fully saturated rings. The number of nitrogens with zero attached hydrogens (tertiary/aromatic N) is 1. The molecule has 0 aliphatic carbocycles. The van der Waals surface area contributed by atoms with E-state index in [1.165, 1.54) is 14.2 Å². The second-order valence-electron chi connectivity index (χ2n) is 2.34. The minimum Gasteiger partial charge on any atom is -0.362 e. The van der Waals surface area contributed by atoms with Crippen LogP contribution in [-0.2, 0) is 14.6 Å². The van der Waals surface area contributed by atoms with Crippen LogP contribution in [-0.4, -0.2) is 37.7 Å². The summed E-state index contributed by atoms with van der Waals surface area (Å²) < 4.78 is 9.64. The summed E-state index contributed by atoms with van der Waals surface area (Å²) in [4.78, 5) is 11.5. The maximum absolute atomic E-state index is 10.6. The van der Waals surface area contributed by atoms with Crippen LogP contribution in [0.1, 0.15) is 13.8 Å². The van der Waals surface area contributed by atoms with Crippen molar-refractivity contribution in [1.82, 2.24) is 4.90 Å². The minimum atomic E-state index is -1.31. The van der Waals surface area contributed by atoms with Crippen molar-refractivity contribution in [2.45, 2.75) is 26.3 Å². The van der Waals surface area contributed by atoms with Gasteiger partial charge in [0.05, 0.1) is 0 Å². The van der Waals surface area contributed by atoms with Crippen molar-refractivity contribution in [2.24, 2.45) is 0 Å². The molecule has 5 heteroatoms. The van der Waals surface area contributed by atoms with Gasteiger partial charge in [0, 0.05) is 14.2 Å². The Bertz CT molecular complexity index is 140. The van der Waals surface area contributed by atoms with Gasteiger partial charge in [0.15, 0.2) is 0 Å². The predicted molar refractivity (Wildman–Crippen MR) is 40.9 cm³/mol. The molecule has 0 aromatic heterocycles. The van der Waals surface area contributed by atoms with E-state index >= 15 is 0 Å². The molecule has 2 unspecified atom stereocenters. The number of amides is 1. The molecule has 1 radical (unpaired) electrons. The number of carbonyl (C=O) groups is 1. The molecule has 0 bridgehead atoms. The van der Waals surface area contributed by atoms with E-state index in [0.29, 0.717) is 0 Å². The molecule has 0 heterocycles. The molecule has 0 N–H and O–H groups in total. The zero-order valence-electron chi connectivity index (χ0n) is 7.73. The van der Waals surface area contributed by atoms with Gasteiger partial charge in [0.25, 0.3) is 0 Å². The number of ether oxygens (including phenoxy) is 2. The molecule has 0 aliphatic rings. The Labute approximate surface area is 71.9 Å². The first kappa shape index (κ1) is 11.2. The lowest BCUT2D eigenvalue weighted by Gasteiger charge is -2.28. The normalized spacial score (nSPS) is 15.3. The summed E-state index contributed by atoms with van der Waals surface area (Å²) in [6, 6.07) is 0. The maximum Gasteiger partial charge on any atom is 0.457 e. The average molecular weight is 176 g/mol. The van der Waals surface area contributed by atoms with Crippen molar-refractivity contribution >= 4 is 6.09 Å². The number of rotatable bonds is 4. The molecule has 0 aliphatic heterocycles. The third-order valence-electron chi connectivity index (χ3n) is 1.68. The molecule has 1 amide bonds. The van der Waals surface area contributed by atoms with Crippen LogP contribution in [0.3, 0.4) is 0 Å². The fourth-order valence-electron chi connectivity index (χ4n) is 0.820. The second-order valence-corrected chi connectivity index (χ2v) is 2.34. The van der Waals surface area contributed by atoms with Crippen LogP contribution in [0.25, 0.3) is 0 Å². The third kappa shape index (κ3) is 2.67. The SMILES string of the molecule is COC(C)N(C([O])=O)C(C)OC. The molecule has 0 spiro atoms. The monoisotopic (exact) mass is 176 g/mol. The van der Waals surface area contributed by atoms with Gasteiger partial charge in [-0.1, -0.05) is 0 Å². The van der Waals surface area contributed by atoms with Gasteiger partial charge in [0.1, 0.15) is 12.5 Å². The minimum absolute atomic E-state index is 0.565. The predicted octanol–water partition coefficient (Wildman–Crippen LogP) is 0.824. The van der Waals surface area contributed by atoms with Gasteiger partial charge >= 0.3 is 6.09 Å². The highest BCUT2D eigenvalue weighted by Crippen LogP contribution is 2.07. The second kappa shape index (κ2) is 4.95. The van der Waals surface area contributed by atoms with Crippen LogP contribution in [0.15, 0.2) is 0 Å². The molecule has 0 aromatic carbocycles. The molecule has 0 rings (SSSR count). The number of carbonyl (C=O) groups excluding carboxylic acids is 1. The van der Waals surface area contributed by atoms with Crippen LogP contribution in [0, 0.1) is 0 Å². The lowest BCUT2D eigenvalue weighted by atomic mass is 10.4. The number of hydrogen-bond acceptors (Lipinski definition) is 3. The first-order chi connectivity index (χ1) is 5.54. The molecule has 12 heavy (non-hydrogen) atoms. The van der Waals surface area contributed by atoms with Crippen molar-refractivity contribution in [3.05, 3.63) is 0 Å². The molecule has 2 atom stereocenters. The summed E-state index contributed by atoms with van der Waals surface area (Å²) in [5.74, 6) is 0. The van der Waals surface area contributed by atoms with Crippen molar-refractivity contribution < 1.29 is 19.4 Å². The van der Waals surface area contributed by atoms with E-state index in [9.17, 15) is 9.90 Å². The Balaban J connectivity index is 4.32. The highest BCUT2D eigenvalue weighted by molar-refractivity contribution is 5.64. The van der Waals surface area contributed by atoms with Crippen molar-refractivity contribution in [3.63, 3.8) is 0 Å². The van der Waals surface area contributed by atoms with Crippen molar-refractivity contribution in [3.8, 4) is 0 Å². The van der Waals surface area contributed by atoms with E-state index in [1.54, 1.807) is 13.8 Å². The highest BCUT2D eigenvalue weighted by Gasteiger charge is 2.25. The zero-order valence-corrected chi connectivity index (χ0v) is 7.73. The summed E-state index contributed by atoms with van der Waals surface area (Å²) in [6.45, 7) is 3.20. The van der Waals surface area contributed by atoms with E-state index in [2.05, 4.69) is 0 Å². The van der Waals surface area contributed by atoms with Crippen LogP contribution < -0.4 is 0 Å². The summed E-state index contributed by atoms with van der Waals surface area (Å²) >= 11 is 0. The fraction of sp³-hybridized carbons (Fsp3) is 0.857. The molecule has 5 nitrogen and oxygen atoms in total. The molecular weight excluding hydrogens is 162 g/mol. The standard InChI is InChI=1S/C7H14NO4/c1-5(11-3)8(7(9)10)6(2)12-4/h5-6H,1-4H3. The van der Waals surface area contributed by atoms with Crippen molar-refractivity contribution in [2.75, 3.05) is 14.2 Å². The molecule has 0 saturated heterocycles. The van der Waals surface area contributed by atoms with E-state index in [-0.39, 0.29) is 0 Å². The fourth-order valence-corrected chi connectivity index (χ4v) is 0.820. The van der Waals surface area contributed by atoms with E-state index in [0.717, 1.165) is 4.90 Å². The number of hydrogen-bond donors (Lipinski definition) is 0. The van der Waals surface area contributed by atoms with Gasteiger partial charge in [-0.3, -0.25) is 4.90 Å². The summed E-state index contributed by atoms with van der Waals surface area (Å²) in [5, 5.41) is 10.6. The summed E-state index contributed by atoms with van der Waals surface area (Å²) in [7, 11) is 2.84. The average Bonchev–Trinajstić information content (AvgIpc) is 2.03. The quantitative estimate of drug-likeness (QED) is 0.596. The van der Waals surface area contributed by atoms with Crippen LogP contribution in [0.2, 0.25) is 0 Å². The Kier molecular flexibility index (Phi) is 4.61. The van der Waals surface area contributed by atoms with E-state index in [1.807, 2.05) is 0 Å². The van der Waals surface area contributed by atoms with Crippen LogP contribution in [0.5, 0.6) is 0 Å². The van der Waals surface area contributed by atoms with Gasteiger partial charge in [0.2, 0.25) is 0 Å². The van der Waals surface area contributed by atoms with Crippen LogP contribution >= 0.6 is 0 Å². The molecule has 0 saturated carbocycles. The topological polar surface area (TPSA) is 58.7 Å². The Morgan fingerprint density at radius 3 is 1.67 bits per heavy atom.